The van der Waals surface area contributed by atoms with Crippen LogP contribution in [0.1, 0.15) is 1.37 Å². The first-order valence-corrected chi connectivity index (χ1v) is 19.6. The number of benzene rings is 10. The van der Waals surface area contributed by atoms with Gasteiger partial charge < -0.3 is 0 Å². The molecule has 0 fully saturated rings. The van der Waals surface area contributed by atoms with Crippen LogP contribution in [0.2, 0.25) is 0 Å². The quantitative estimate of drug-likeness (QED) is 0.156. The van der Waals surface area contributed by atoms with Crippen LogP contribution < -0.4 is 0 Å². The summed E-state index contributed by atoms with van der Waals surface area (Å²) in [5.74, 6) is 0. The van der Waals surface area contributed by atoms with E-state index in [2.05, 4.69) is 182 Å². The van der Waals surface area contributed by atoms with Crippen molar-refractivity contribution in [1.82, 2.24) is 0 Å². The van der Waals surface area contributed by atoms with Gasteiger partial charge in [0.05, 0.1) is 1.37 Å². The average Bonchev–Trinajstić information content (AvgIpc) is 3.64. The molecule has 0 radical (unpaired) electrons. The standard InChI is InChI=1S/C54H34S/c1-2-13-35(14-3-1)41-31-32-49-51(34-41)55-50-24-12-23-44(54(49)50)42-17-6-7-18-43(42)53-47-21-10-8-19-45(47)52(46-20-9-11-22-48(46)53)38-28-25-37(26-29-38)40-30-27-36-15-4-5-16-39(36)33-40/h1-34H/i4D. The molecule has 0 atom stereocenters. The van der Waals surface area contributed by atoms with E-state index < -0.39 is 0 Å². The third-order valence-electron chi connectivity index (χ3n) is 11.2. The average molecular weight is 716 g/mol. The lowest BCUT2D eigenvalue weighted by atomic mass is 9.83. The van der Waals surface area contributed by atoms with Gasteiger partial charge in [0.25, 0.3) is 0 Å². The second-order valence-electron chi connectivity index (χ2n) is 14.3. The molecule has 0 saturated heterocycles. The van der Waals surface area contributed by atoms with Gasteiger partial charge in [-0.2, -0.15) is 0 Å². The second kappa shape index (κ2) is 13.0. The lowest BCUT2D eigenvalue weighted by molar-refractivity contribution is 1.62. The first kappa shape index (κ1) is 30.6. The third-order valence-corrected chi connectivity index (χ3v) is 12.3. The molecule has 11 rings (SSSR count). The minimum Gasteiger partial charge on any atom is -0.135 e. The molecule has 0 amide bonds. The van der Waals surface area contributed by atoms with E-state index in [1.165, 1.54) is 97.4 Å². The van der Waals surface area contributed by atoms with Crippen molar-refractivity contribution in [2.24, 2.45) is 0 Å². The van der Waals surface area contributed by atoms with Gasteiger partial charge in [-0.3, -0.25) is 0 Å². The molecule has 0 aliphatic heterocycles. The maximum absolute atomic E-state index is 8.01. The molecule has 10 aromatic carbocycles. The van der Waals surface area contributed by atoms with E-state index in [4.69, 9.17) is 1.37 Å². The number of hydrogen-bond acceptors (Lipinski definition) is 1. The highest BCUT2D eigenvalue weighted by Crippen LogP contribution is 2.48. The number of fused-ring (bicyclic) bond motifs is 6. The molecule has 0 unspecified atom stereocenters. The van der Waals surface area contributed by atoms with Crippen LogP contribution >= 0.6 is 11.3 Å². The van der Waals surface area contributed by atoms with Gasteiger partial charge in [0.1, 0.15) is 0 Å². The Morgan fingerprint density at radius 2 is 0.891 bits per heavy atom. The first-order valence-electron chi connectivity index (χ1n) is 19.3. The summed E-state index contributed by atoms with van der Waals surface area (Å²) >= 11 is 1.88. The highest BCUT2D eigenvalue weighted by atomic mass is 32.1. The van der Waals surface area contributed by atoms with E-state index in [1.807, 2.05) is 29.5 Å². The van der Waals surface area contributed by atoms with Gasteiger partial charge in [-0.1, -0.05) is 188 Å². The van der Waals surface area contributed by atoms with E-state index in [-0.39, 0.29) is 0 Å². The van der Waals surface area contributed by atoms with E-state index >= 15 is 0 Å². The van der Waals surface area contributed by atoms with Crippen LogP contribution in [0.3, 0.4) is 0 Å². The maximum Gasteiger partial charge on any atom is 0.0623 e. The van der Waals surface area contributed by atoms with Crippen LogP contribution in [0.4, 0.5) is 0 Å². The molecule has 0 aliphatic carbocycles. The van der Waals surface area contributed by atoms with E-state index in [1.54, 1.807) is 0 Å². The summed E-state index contributed by atoms with van der Waals surface area (Å²) in [4.78, 5) is 0. The van der Waals surface area contributed by atoms with Gasteiger partial charge in [-0.05, 0) is 106 Å². The van der Waals surface area contributed by atoms with Gasteiger partial charge in [0, 0.05) is 20.2 Å². The Morgan fingerprint density at radius 3 is 1.65 bits per heavy atom. The molecular weight excluding hydrogens is 681 g/mol. The molecule has 256 valence electrons. The fraction of sp³-hybridized carbons (Fsp3) is 0. The van der Waals surface area contributed by atoms with Crippen molar-refractivity contribution < 1.29 is 1.37 Å². The predicted octanol–water partition coefficient (Wildman–Crippen LogP) is 15.8. The van der Waals surface area contributed by atoms with Crippen molar-refractivity contribution in [2.75, 3.05) is 0 Å². The lowest BCUT2D eigenvalue weighted by Crippen LogP contribution is -1.93. The summed E-state index contributed by atoms with van der Waals surface area (Å²) in [6.45, 7) is 0. The van der Waals surface area contributed by atoms with Crippen LogP contribution in [0.15, 0.2) is 206 Å². The Morgan fingerprint density at radius 1 is 0.309 bits per heavy atom. The van der Waals surface area contributed by atoms with Gasteiger partial charge in [0.15, 0.2) is 0 Å². The number of thiophene rings is 1. The number of rotatable bonds is 5. The molecule has 0 saturated carbocycles. The Labute approximate surface area is 325 Å². The zero-order valence-corrected chi connectivity index (χ0v) is 30.8. The smallest absolute Gasteiger partial charge is 0.0623 e. The Bertz CT molecular complexity index is 3240. The minimum atomic E-state index is 0.537. The molecule has 55 heavy (non-hydrogen) atoms. The van der Waals surface area contributed by atoms with Crippen molar-refractivity contribution in [2.45, 2.75) is 0 Å². The SMILES string of the molecule is [2H]c1ccc2cc(-c3ccc(-c4c5ccccc5c(-c5ccccc5-c5cccc6sc7cc(-c8ccccc8)ccc7c56)c5ccccc45)cc3)ccc2c1. The van der Waals surface area contributed by atoms with Crippen LogP contribution in [0.25, 0.3) is 108 Å². The Hall–Kier alpha value is -6.80. The number of hydrogen-bond donors (Lipinski definition) is 0. The molecule has 11 aromatic rings. The Balaban J connectivity index is 1.08. The lowest BCUT2D eigenvalue weighted by Gasteiger charge is -2.20. The maximum atomic E-state index is 8.01. The van der Waals surface area contributed by atoms with E-state index in [0.717, 1.165) is 10.8 Å². The highest BCUT2D eigenvalue weighted by Gasteiger charge is 2.20. The molecule has 1 heteroatoms. The summed E-state index contributed by atoms with van der Waals surface area (Å²) in [6.07, 6.45) is 0. The monoisotopic (exact) mass is 715 g/mol. The fourth-order valence-corrected chi connectivity index (χ4v) is 9.83. The van der Waals surface area contributed by atoms with Gasteiger partial charge in [-0.15, -0.1) is 11.3 Å². The molecule has 1 heterocycles. The molecule has 0 bridgehead atoms. The summed E-state index contributed by atoms with van der Waals surface area (Å²) < 4.78 is 10.6. The van der Waals surface area contributed by atoms with Gasteiger partial charge in [0.2, 0.25) is 0 Å². The van der Waals surface area contributed by atoms with E-state index in [9.17, 15) is 0 Å². The molecule has 0 spiro atoms. The fourth-order valence-electron chi connectivity index (χ4n) is 8.66. The van der Waals surface area contributed by atoms with Crippen LogP contribution in [0.5, 0.6) is 0 Å². The topological polar surface area (TPSA) is 0 Å². The van der Waals surface area contributed by atoms with Crippen molar-refractivity contribution in [1.29, 1.82) is 0 Å². The molecule has 1 aromatic heterocycles. The largest absolute Gasteiger partial charge is 0.135 e. The predicted molar refractivity (Wildman–Crippen MR) is 239 cm³/mol. The first-order chi connectivity index (χ1) is 27.7. The summed E-state index contributed by atoms with van der Waals surface area (Å²) in [7, 11) is 0. The van der Waals surface area contributed by atoms with Crippen LogP contribution in [-0.4, -0.2) is 0 Å². The summed E-state index contributed by atoms with van der Waals surface area (Å²) in [6, 6.07) is 73.2. The zero-order valence-electron chi connectivity index (χ0n) is 31.0. The van der Waals surface area contributed by atoms with Crippen molar-refractivity contribution in [3.8, 4) is 55.6 Å². The van der Waals surface area contributed by atoms with E-state index in [0.29, 0.717) is 6.04 Å². The van der Waals surface area contributed by atoms with Crippen molar-refractivity contribution >= 4 is 63.8 Å². The molecule has 0 aliphatic rings. The highest BCUT2D eigenvalue weighted by molar-refractivity contribution is 7.26. The summed E-state index contributed by atoms with van der Waals surface area (Å²) in [5, 5.41) is 9.84. The molecule has 0 N–H and O–H groups in total. The normalized spacial score (nSPS) is 11.9. The molecular formula is C54H34S. The van der Waals surface area contributed by atoms with Crippen LogP contribution in [0, 0.1) is 0 Å². The third kappa shape index (κ3) is 5.28. The zero-order chi connectivity index (χ0) is 37.2. The second-order valence-corrected chi connectivity index (χ2v) is 15.4. The van der Waals surface area contributed by atoms with Crippen molar-refractivity contribution in [3.05, 3.63) is 206 Å². The van der Waals surface area contributed by atoms with Crippen LogP contribution in [-0.2, 0) is 0 Å². The van der Waals surface area contributed by atoms with Gasteiger partial charge in [-0.25, -0.2) is 0 Å². The Kier molecular flexibility index (Phi) is 7.21. The van der Waals surface area contributed by atoms with Gasteiger partial charge >= 0.3 is 0 Å². The minimum absolute atomic E-state index is 0.537. The van der Waals surface area contributed by atoms with Crippen molar-refractivity contribution in [3.63, 3.8) is 0 Å². The summed E-state index contributed by atoms with van der Waals surface area (Å²) in [5.41, 5.74) is 12.3. The molecule has 0 nitrogen and oxygen atoms in total.